The molecule has 1 fully saturated rings. The minimum Gasteiger partial charge on any atom is -0.492 e. The van der Waals surface area contributed by atoms with Crippen molar-refractivity contribution in [3.05, 3.63) is 72.4 Å². The van der Waals surface area contributed by atoms with Crippen LogP contribution < -0.4 is 9.47 Å². The first-order chi connectivity index (χ1) is 16.8. The molecule has 0 atom stereocenters. The maximum Gasteiger partial charge on any atom is 0.490 e. The largest absolute Gasteiger partial charge is 0.492 e. The van der Waals surface area contributed by atoms with Gasteiger partial charge in [-0.2, -0.15) is 13.2 Å². The number of aromatic amines is 1. The first-order valence-electron chi connectivity index (χ1n) is 10.8. The highest BCUT2D eigenvalue weighted by atomic mass is 19.4. The van der Waals surface area contributed by atoms with Crippen LogP contribution in [0.5, 0.6) is 11.5 Å². The summed E-state index contributed by atoms with van der Waals surface area (Å²) in [6.07, 6.45) is -0.836. The Bertz CT molecular complexity index is 1260. The molecule has 1 aliphatic carbocycles. The highest BCUT2D eigenvalue weighted by Gasteiger charge is 2.38. The van der Waals surface area contributed by atoms with Crippen molar-refractivity contribution >= 4 is 17.1 Å². The van der Waals surface area contributed by atoms with Crippen LogP contribution in [0.25, 0.3) is 22.6 Å². The molecule has 2 aromatic heterocycles. The molecule has 1 saturated carbocycles. The highest BCUT2D eigenvalue weighted by molar-refractivity contribution is 5.77. The predicted molar refractivity (Wildman–Crippen MR) is 122 cm³/mol. The number of H-pyrrole nitrogens is 1. The lowest BCUT2D eigenvalue weighted by Gasteiger charge is -2.13. The molecular formula is C25H22F3N3O4. The molecule has 0 unspecified atom stereocenters. The van der Waals surface area contributed by atoms with E-state index in [4.69, 9.17) is 19.4 Å². The van der Waals surface area contributed by atoms with E-state index >= 15 is 0 Å². The summed E-state index contributed by atoms with van der Waals surface area (Å²) in [7, 11) is 0. The molecule has 0 saturated heterocycles. The van der Waals surface area contributed by atoms with E-state index in [2.05, 4.69) is 27.1 Å². The van der Waals surface area contributed by atoms with Gasteiger partial charge in [0.2, 0.25) is 0 Å². The van der Waals surface area contributed by atoms with Gasteiger partial charge in [0.05, 0.1) is 12.2 Å². The third-order valence-corrected chi connectivity index (χ3v) is 5.13. The van der Waals surface area contributed by atoms with E-state index in [1.807, 2.05) is 48.5 Å². The van der Waals surface area contributed by atoms with Crippen LogP contribution in [0.1, 0.15) is 18.4 Å². The molecule has 10 heteroatoms. The summed E-state index contributed by atoms with van der Waals surface area (Å²) in [5.41, 5.74) is 3.67. The fourth-order valence-electron chi connectivity index (χ4n) is 3.11. The number of hydrogen-bond donors (Lipinski definition) is 2. The zero-order chi connectivity index (χ0) is 24.8. The van der Waals surface area contributed by atoms with Crippen LogP contribution in [-0.2, 0) is 11.4 Å². The Morgan fingerprint density at radius 1 is 1.06 bits per heavy atom. The van der Waals surface area contributed by atoms with E-state index < -0.39 is 12.1 Å². The van der Waals surface area contributed by atoms with Gasteiger partial charge in [-0.1, -0.05) is 30.3 Å². The van der Waals surface area contributed by atoms with Gasteiger partial charge < -0.3 is 19.6 Å². The lowest BCUT2D eigenvalue weighted by Crippen LogP contribution is -2.21. The van der Waals surface area contributed by atoms with Gasteiger partial charge >= 0.3 is 12.1 Å². The number of alkyl halides is 3. The molecule has 35 heavy (non-hydrogen) atoms. The number of carboxylic acid groups (broad SMARTS) is 1. The number of hydrogen-bond acceptors (Lipinski definition) is 5. The average Bonchev–Trinajstić information content (AvgIpc) is 3.58. The number of carbonyl (C=O) groups is 1. The van der Waals surface area contributed by atoms with Crippen LogP contribution in [0.3, 0.4) is 0 Å². The van der Waals surface area contributed by atoms with Crippen molar-refractivity contribution in [2.24, 2.45) is 5.92 Å². The number of nitrogens with zero attached hydrogens (tertiary/aromatic N) is 2. The summed E-state index contributed by atoms with van der Waals surface area (Å²) in [4.78, 5) is 21.2. The van der Waals surface area contributed by atoms with E-state index in [9.17, 15) is 13.2 Å². The van der Waals surface area contributed by atoms with Crippen molar-refractivity contribution in [3.63, 3.8) is 0 Å². The summed E-state index contributed by atoms with van der Waals surface area (Å²) >= 11 is 0. The van der Waals surface area contributed by atoms with Crippen LogP contribution >= 0.6 is 0 Å². The number of aliphatic carboxylic acids is 1. The zero-order valence-electron chi connectivity index (χ0n) is 18.5. The number of pyridine rings is 1. The minimum absolute atomic E-state index is 0.525. The van der Waals surface area contributed by atoms with Gasteiger partial charge in [0.25, 0.3) is 0 Å². The number of aromatic nitrogens is 3. The molecule has 0 aliphatic heterocycles. The minimum atomic E-state index is -5.08. The Morgan fingerprint density at radius 3 is 2.46 bits per heavy atom. The summed E-state index contributed by atoms with van der Waals surface area (Å²) < 4.78 is 43.9. The van der Waals surface area contributed by atoms with E-state index in [-0.39, 0.29) is 0 Å². The lowest BCUT2D eigenvalue weighted by molar-refractivity contribution is -0.192. The van der Waals surface area contributed by atoms with Gasteiger partial charge in [0.1, 0.15) is 29.4 Å². The summed E-state index contributed by atoms with van der Waals surface area (Å²) in [6.45, 7) is 1.25. The lowest BCUT2D eigenvalue weighted by atomic mass is 10.1. The summed E-state index contributed by atoms with van der Waals surface area (Å²) in [5.74, 6) is 0.241. The van der Waals surface area contributed by atoms with Gasteiger partial charge in [-0.05, 0) is 48.6 Å². The first-order valence-corrected chi connectivity index (χ1v) is 10.8. The maximum absolute atomic E-state index is 10.6. The third-order valence-electron chi connectivity index (χ3n) is 5.13. The summed E-state index contributed by atoms with van der Waals surface area (Å²) in [6, 6.07) is 19.9. The Hall–Kier alpha value is -4.08. The standard InChI is InChI=1S/C23H21N3O2.C2HF3O2/c1-2-5-16(6-3-1)14-27-18-10-11-19(21(13-18)28-15-17-8-9-17)22-25-20-7-4-12-24-23(20)26-22;3-2(4,5)1(6)7/h1-7,10-13,17H,8-9,14-15H2,(H,24,25,26);(H,6,7). The molecule has 1 aliphatic rings. The molecule has 2 aromatic carbocycles. The highest BCUT2D eigenvalue weighted by Crippen LogP contribution is 2.36. The Balaban J connectivity index is 0.000000364. The van der Waals surface area contributed by atoms with Gasteiger partial charge in [-0.3, -0.25) is 0 Å². The molecule has 182 valence electrons. The smallest absolute Gasteiger partial charge is 0.490 e. The van der Waals surface area contributed by atoms with Crippen molar-refractivity contribution in [1.82, 2.24) is 15.0 Å². The Labute approximate surface area is 198 Å². The van der Waals surface area contributed by atoms with Crippen molar-refractivity contribution in [3.8, 4) is 22.9 Å². The second-order valence-corrected chi connectivity index (χ2v) is 7.95. The predicted octanol–water partition coefficient (Wildman–Crippen LogP) is 5.63. The fourth-order valence-corrected chi connectivity index (χ4v) is 3.11. The Morgan fingerprint density at radius 2 is 1.80 bits per heavy atom. The first kappa shape index (κ1) is 24.1. The second kappa shape index (κ2) is 10.5. The van der Waals surface area contributed by atoms with Gasteiger partial charge in [0.15, 0.2) is 5.65 Å². The van der Waals surface area contributed by atoms with E-state index in [0.29, 0.717) is 12.5 Å². The fraction of sp³-hybridized carbons (Fsp3) is 0.240. The number of benzene rings is 2. The number of imidazole rings is 1. The molecular weight excluding hydrogens is 463 g/mol. The molecule has 4 aromatic rings. The Kier molecular flexibility index (Phi) is 7.19. The van der Waals surface area contributed by atoms with Gasteiger partial charge in [-0.25, -0.2) is 14.8 Å². The van der Waals surface area contributed by atoms with E-state index in [1.165, 1.54) is 12.8 Å². The van der Waals surface area contributed by atoms with E-state index in [1.54, 1.807) is 6.20 Å². The quantitative estimate of drug-likeness (QED) is 0.352. The van der Waals surface area contributed by atoms with Crippen LogP contribution in [0, 0.1) is 5.92 Å². The number of carboxylic acids is 1. The monoisotopic (exact) mass is 485 g/mol. The molecule has 7 nitrogen and oxygen atoms in total. The van der Waals surface area contributed by atoms with Crippen molar-refractivity contribution < 1.29 is 32.5 Å². The number of ether oxygens (including phenoxy) is 2. The molecule has 0 bridgehead atoms. The topological polar surface area (TPSA) is 97.3 Å². The normalized spacial score (nSPS) is 13.1. The molecule has 2 N–H and O–H groups in total. The third kappa shape index (κ3) is 6.72. The molecule has 0 spiro atoms. The SMILES string of the molecule is O=C(O)C(F)(F)F.c1ccc(COc2ccc(-c3nc4cccnc4[nH]3)c(OCC3CC3)c2)cc1. The molecule has 0 radical (unpaired) electrons. The molecule has 5 rings (SSSR count). The van der Waals surface area contributed by atoms with Crippen molar-refractivity contribution in [2.75, 3.05) is 6.61 Å². The van der Waals surface area contributed by atoms with Crippen LogP contribution in [0.2, 0.25) is 0 Å². The van der Waals surface area contributed by atoms with Crippen LogP contribution in [-0.4, -0.2) is 38.8 Å². The number of fused-ring (bicyclic) bond motifs is 1. The summed E-state index contributed by atoms with van der Waals surface area (Å²) in [5, 5.41) is 7.12. The van der Waals surface area contributed by atoms with Crippen molar-refractivity contribution in [2.45, 2.75) is 25.6 Å². The van der Waals surface area contributed by atoms with Gasteiger partial charge in [0, 0.05) is 12.3 Å². The van der Waals surface area contributed by atoms with Crippen LogP contribution in [0.4, 0.5) is 13.2 Å². The maximum atomic E-state index is 10.6. The number of rotatable bonds is 7. The van der Waals surface area contributed by atoms with Crippen molar-refractivity contribution in [1.29, 1.82) is 0 Å². The van der Waals surface area contributed by atoms with E-state index in [0.717, 1.165) is 46.2 Å². The van der Waals surface area contributed by atoms with Gasteiger partial charge in [-0.15, -0.1) is 0 Å². The zero-order valence-corrected chi connectivity index (χ0v) is 18.5. The molecule has 2 heterocycles. The average molecular weight is 485 g/mol. The second-order valence-electron chi connectivity index (χ2n) is 7.95. The number of halogens is 3. The number of nitrogens with one attached hydrogen (secondary N) is 1. The van der Waals surface area contributed by atoms with Crippen LogP contribution in [0.15, 0.2) is 66.9 Å². The molecule has 0 amide bonds.